The van der Waals surface area contributed by atoms with Gasteiger partial charge in [-0.1, -0.05) is 29.3 Å². The Labute approximate surface area is 176 Å². The third-order valence-corrected chi connectivity index (χ3v) is 5.40. The van der Waals surface area contributed by atoms with Gasteiger partial charge in [0, 0.05) is 40.3 Å². The Balaban J connectivity index is 1.50. The SMILES string of the molecule is Clc1ccc(COc2ncccc2-c2csc(NC3=NCCCN3)n2)c(Cl)c1. The topological polar surface area (TPSA) is 71.4 Å². The first-order valence-electron chi connectivity index (χ1n) is 8.72. The normalized spacial score (nSPS) is 13.6. The summed E-state index contributed by atoms with van der Waals surface area (Å²) in [4.78, 5) is 13.4. The van der Waals surface area contributed by atoms with Gasteiger partial charge in [-0.3, -0.25) is 4.99 Å². The van der Waals surface area contributed by atoms with E-state index < -0.39 is 0 Å². The molecule has 0 spiro atoms. The van der Waals surface area contributed by atoms with E-state index in [2.05, 4.69) is 25.6 Å². The molecule has 1 aliphatic rings. The number of hydrogen-bond acceptors (Lipinski definition) is 7. The molecule has 0 saturated heterocycles. The van der Waals surface area contributed by atoms with Crippen molar-refractivity contribution in [3.05, 3.63) is 57.5 Å². The number of guanidine groups is 1. The summed E-state index contributed by atoms with van der Waals surface area (Å²) in [6.45, 7) is 2.02. The Hall–Kier alpha value is -2.35. The van der Waals surface area contributed by atoms with Gasteiger partial charge in [0.15, 0.2) is 11.1 Å². The average Bonchev–Trinajstić information content (AvgIpc) is 3.17. The average molecular weight is 434 g/mol. The first kappa shape index (κ1) is 19.0. The molecule has 2 aromatic heterocycles. The Morgan fingerprint density at radius 1 is 1.25 bits per heavy atom. The van der Waals surface area contributed by atoms with Gasteiger partial charge in [-0.25, -0.2) is 9.97 Å². The van der Waals surface area contributed by atoms with Gasteiger partial charge in [0.25, 0.3) is 0 Å². The highest BCUT2D eigenvalue weighted by molar-refractivity contribution is 7.14. The minimum atomic E-state index is 0.288. The Morgan fingerprint density at radius 3 is 3.00 bits per heavy atom. The minimum absolute atomic E-state index is 0.288. The van der Waals surface area contributed by atoms with Crippen LogP contribution in [-0.2, 0) is 6.61 Å². The van der Waals surface area contributed by atoms with Gasteiger partial charge >= 0.3 is 0 Å². The van der Waals surface area contributed by atoms with E-state index >= 15 is 0 Å². The Morgan fingerprint density at radius 2 is 2.18 bits per heavy atom. The lowest BCUT2D eigenvalue weighted by atomic mass is 10.2. The summed E-state index contributed by atoms with van der Waals surface area (Å²) in [7, 11) is 0. The number of anilines is 1. The van der Waals surface area contributed by atoms with Gasteiger partial charge in [0.05, 0.1) is 11.3 Å². The summed E-state index contributed by atoms with van der Waals surface area (Å²) in [5.41, 5.74) is 2.44. The molecule has 0 radical (unpaired) electrons. The minimum Gasteiger partial charge on any atom is -0.472 e. The van der Waals surface area contributed by atoms with Crippen LogP contribution in [0.4, 0.5) is 5.13 Å². The maximum absolute atomic E-state index is 6.23. The number of aromatic nitrogens is 2. The zero-order valence-electron chi connectivity index (χ0n) is 14.8. The number of benzene rings is 1. The molecule has 0 saturated carbocycles. The second kappa shape index (κ2) is 8.77. The van der Waals surface area contributed by atoms with Crippen molar-refractivity contribution in [2.75, 3.05) is 18.4 Å². The van der Waals surface area contributed by atoms with Crippen LogP contribution in [0.25, 0.3) is 11.3 Å². The summed E-state index contributed by atoms with van der Waals surface area (Å²) >= 11 is 13.7. The number of hydrogen-bond donors (Lipinski definition) is 2. The van der Waals surface area contributed by atoms with Gasteiger partial charge in [-0.05, 0) is 30.7 Å². The van der Waals surface area contributed by atoms with Crippen molar-refractivity contribution in [3.8, 4) is 17.1 Å². The molecule has 4 rings (SSSR count). The molecule has 3 aromatic rings. The van der Waals surface area contributed by atoms with E-state index in [-0.39, 0.29) is 6.61 Å². The van der Waals surface area contributed by atoms with Gasteiger partial charge in [-0.15, -0.1) is 11.3 Å². The van der Waals surface area contributed by atoms with E-state index in [4.69, 9.17) is 27.9 Å². The van der Waals surface area contributed by atoms with Crippen LogP contribution in [0.3, 0.4) is 0 Å². The molecule has 0 atom stereocenters. The zero-order valence-corrected chi connectivity index (χ0v) is 17.1. The predicted octanol–water partition coefficient (Wildman–Crippen LogP) is 4.85. The summed E-state index contributed by atoms with van der Waals surface area (Å²) < 4.78 is 5.93. The van der Waals surface area contributed by atoms with Crippen LogP contribution in [0.15, 0.2) is 46.9 Å². The molecule has 9 heteroatoms. The largest absolute Gasteiger partial charge is 0.472 e. The van der Waals surface area contributed by atoms with Crippen molar-refractivity contribution >= 4 is 45.6 Å². The molecule has 6 nitrogen and oxygen atoms in total. The lowest BCUT2D eigenvalue weighted by Crippen LogP contribution is -2.35. The van der Waals surface area contributed by atoms with E-state index in [0.29, 0.717) is 15.9 Å². The number of aliphatic imine (C=N–C) groups is 1. The highest BCUT2D eigenvalue weighted by atomic mass is 35.5. The first-order valence-corrected chi connectivity index (χ1v) is 10.4. The van der Waals surface area contributed by atoms with E-state index in [1.165, 1.54) is 11.3 Å². The zero-order chi connectivity index (χ0) is 19.3. The highest BCUT2D eigenvalue weighted by Gasteiger charge is 2.14. The van der Waals surface area contributed by atoms with E-state index in [1.807, 2.05) is 23.6 Å². The van der Waals surface area contributed by atoms with Gasteiger partial charge in [-0.2, -0.15) is 0 Å². The molecular formula is C19H17Cl2N5OS. The van der Waals surface area contributed by atoms with Crippen molar-refractivity contribution in [1.29, 1.82) is 0 Å². The monoisotopic (exact) mass is 433 g/mol. The standard InChI is InChI=1S/C19H17Cl2N5OS/c20-13-5-4-12(15(21)9-13)10-27-17-14(3-1-6-22-17)16-11-28-19(25-16)26-18-23-7-2-8-24-18/h1,3-6,9,11H,2,7-8,10H2,(H2,23,24,25,26). The molecule has 0 aliphatic carbocycles. The fourth-order valence-corrected chi connectivity index (χ4v) is 3.83. The van der Waals surface area contributed by atoms with Gasteiger partial charge in [0.2, 0.25) is 5.88 Å². The number of thiazole rings is 1. The maximum Gasteiger partial charge on any atom is 0.223 e. The fraction of sp³-hybridized carbons (Fsp3) is 0.211. The van der Waals surface area contributed by atoms with E-state index in [1.54, 1.807) is 18.3 Å². The molecule has 1 aromatic carbocycles. The molecule has 144 valence electrons. The van der Waals surface area contributed by atoms with Crippen LogP contribution in [-0.4, -0.2) is 29.0 Å². The molecule has 0 unspecified atom stereocenters. The quantitative estimate of drug-likeness (QED) is 0.601. The molecule has 0 amide bonds. The Kier molecular flexibility index (Phi) is 5.95. The molecule has 0 fully saturated rings. The smallest absolute Gasteiger partial charge is 0.223 e. The summed E-state index contributed by atoms with van der Waals surface area (Å²) in [6, 6.07) is 9.11. The molecule has 2 N–H and O–H groups in total. The molecule has 1 aliphatic heterocycles. The van der Waals surface area contributed by atoms with E-state index in [0.717, 1.165) is 47.4 Å². The van der Waals surface area contributed by atoms with Crippen molar-refractivity contribution < 1.29 is 4.74 Å². The number of ether oxygens (including phenoxy) is 1. The fourth-order valence-electron chi connectivity index (χ4n) is 2.66. The molecule has 28 heavy (non-hydrogen) atoms. The number of rotatable bonds is 5. The van der Waals surface area contributed by atoms with Crippen LogP contribution in [0.5, 0.6) is 5.88 Å². The number of nitrogens with zero attached hydrogens (tertiary/aromatic N) is 3. The predicted molar refractivity (Wildman–Crippen MR) is 115 cm³/mol. The van der Waals surface area contributed by atoms with Gasteiger partial charge < -0.3 is 15.4 Å². The van der Waals surface area contributed by atoms with Crippen LogP contribution in [0.2, 0.25) is 10.0 Å². The van der Waals surface area contributed by atoms with Crippen molar-refractivity contribution in [1.82, 2.24) is 15.3 Å². The number of halogens is 2. The molecular weight excluding hydrogens is 417 g/mol. The maximum atomic E-state index is 6.23. The lowest BCUT2D eigenvalue weighted by molar-refractivity contribution is 0.295. The van der Waals surface area contributed by atoms with Crippen LogP contribution >= 0.6 is 34.5 Å². The van der Waals surface area contributed by atoms with Crippen LogP contribution in [0, 0.1) is 0 Å². The second-order valence-corrected chi connectivity index (χ2v) is 7.76. The third-order valence-electron chi connectivity index (χ3n) is 4.05. The highest BCUT2D eigenvalue weighted by Crippen LogP contribution is 2.31. The lowest BCUT2D eigenvalue weighted by Gasteiger charge is -2.14. The number of pyridine rings is 1. The first-order chi connectivity index (χ1) is 13.7. The summed E-state index contributed by atoms with van der Waals surface area (Å²) in [5, 5.41) is 10.3. The summed E-state index contributed by atoms with van der Waals surface area (Å²) in [6.07, 6.45) is 2.73. The summed E-state index contributed by atoms with van der Waals surface area (Å²) in [5.74, 6) is 1.26. The second-order valence-electron chi connectivity index (χ2n) is 6.05. The molecule has 0 bridgehead atoms. The van der Waals surface area contributed by atoms with Crippen molar-refractivity contribution in [2.45, 2.75) is 13.0 Å². The molecule has 3 heterocycles. The van der Waals surface area contributed by atoms with Crippen LogP contribution in [0.1, 0.15) is 12.0 Å². The number of nitrogens with one attached hydrogen (secondary N) is 2. The van der Waals surface area contributed by atoms with Crippen molar-refractivity contribution in [2.24, 2.45) is 4.99 Å². The van der Waals surface area contributed by atoms with Crippen molar-refractivity contribution in [3.63, 3.8) is 0 Å². The van der Waals surface area contributed by atoms with Crippen LogP contribution < -0.4 is 15.4 Å². The Bertz CT molecular complexity index is 1010. The third kappa shape index (κ3) is 4.55. The van der Waals surface area contributed by atoms with Gasteiger partial charge in [0.1, 0.15) is 6.61 Å². The van der Waals surface area contributed by atoms with E-state index in [9.17, 15) is 0 Å².